The number of anilines is 3. The van der Waals surface area contributed by atoms with Crippen molar-refractivity contribution in [1.29, 1.82) is 0 Å². The Bertz CT molecular complexity index is 2220. The first-order valence-electron chi connectivity index (χ1n) is 21.2. The molecule has 3 aliphatic rings. The highest BCUT2D eigenvalue weighted by Crippen LogP contribution is 2.28. The maximum atomic E-state index is 13.8. The molecule has 3 saturated heterocycles. The summed E-state index contributed by atoms with van der Waals surface area (Å²) in [5.41, 5.74) is 4.74. The van der Waals surface area contributed by atoms with Gasteiger partial charge in [-0.25, -0.2) is 9.59 Å². The Morgan fingerprint density at radius 2 is 1.22 bits per heavy atom. The molecule has 0 saturated carbocycles. The molecule has 7 rings (SSSR count). The molecule has 0 unspecified atom stereocenters. The van der Waals surface area contributed by atoms with Crippen LogP contribution >= 0.6 is 0 Å². The largest absolute Gasteiger partial charge is 0.465 e. The van der Waals surface area contributed by atoms with Gasteiger partial charge in [0.05, 0.1) is 13.7 Å². The van der Waals surface area contributed by atoms with Crippen LogP contribution in [0.2, 0.25) is 0 Å². The van der Waals surface area contributed by atoms with Gasteiger partial charge in [-0.05, 0) is 85.2 Å². The summed E-state index contributed by atoms with van der Waals surface area (Å²) in [6.45, 7) is 2.58. The van der Waals surface area contributed by atoms with Crippen molar-refractivity contribution in [3.8, 4) is 0 Å². The van der Waals surface area contributed by atoms with Gasteiger partial charge in [-0.2, -0.15) is 0 Å². The van der Waals surface area contributed by atoms with Gasteiger partial charge in [-0.1, -0.05) is 72.8 Å². The predicted octanol–water partition coefficient (Wildman–Crippen LogP) is 5.52. The lowest BCUT2D eigenvalue weighted by atomic mass is 9.97. The van der Waals surface area contributed by atoms with Gasteiger partial charge in [0.15, 0.2) is 0 Å². The molecule has 4 aromatic carbocycles. The molecule has 0 aromatic heterocycles. The third-order valence-electron chi connectivity index (χ3n) is 11.8. The summed E-state index contributed by atoms with van der Waals surface area (Å²) in [4.78, 5) is 83.5. The van der Waals surface area contributed by atoms with Crippen LogP contribution in [0, 0.1) is 5.92 Å². The second-order valence-electron chi connectivity index (χ2n) is 16.0. The van der Waals surface area contributed by atoms with Crippen LogP contribution < -0.4 is 26.2 Å². The van der Waals surface area contributed by atoms with Crippen LogP contribution in [-0.4, -0.2) is 102 Å². The Morgan fingerprint density at radius 3 is 1.71 bits per heavy atom. The maximum absolute atomic E-state index is 13.8. The van der Waals surface area contributed by atoms with Gasteiger partial charge in [0, 0.05) is 55.8 Å². The number of rotatable bonds is 15. The number of alkyl carbamates (subject to hydrolysis) is 1. The topological polar surface area (TPSA) is 199 Å². The molecule has 0 radical (unpaired) electrons. The summed E-state index contributed by atoms with van der Waals surface area (Å²) in [7, 11) is 1.23. The van der Waals surface area contributed by atoms with Gasteiger partial charge in [0.1, 0.15) is 24.2 Å². The highest BCUT2D eigenvalue weighted by atomic mass is 16.5. The van der Waals surface area contributed by atoms with Gasteiger partial charge >= 0.3 is 12.2 Å². The van der Waals surface area contributed by atoms with Crippen molar-refractivity contribution in [2.45, 2.75) is 69.4 Å². The monoisotopic (exact) mass is 859 g/mol. The maximum Gasteiger partial charge on any atom is 0.407 e. The van der Waals surface area contributed by atoms with Crippen LogP contribution in [0.15, 0.2) is 109 Å². The minimum Gasteiger partial charge on any atom is -0.465 e. The van der Waals surface area contributed by atoms with E-state index in [1.54, 1.807) is 24.3 Å². The van der Waals surface area contributed by atoms with Crippen LogP contribution in [0.4, 0.5) is 26.7 Å². The molecule has 6 amide bonds. The third kappa shape index (κ3) is 11.1. The summed E-state index contributed by atoms with van der Waals surface area (Å²) in [6, 6.07) is 30.5. The molecule has 5 atom stereocenters. The number of carbonyl (C=O) groups is 6. The summed E-state index contributed by atoms with van der Waals surface area (Å²) < 4.78 is 10.2. The number of nitrogens with one attached hydrogen (secondary N) is 4. The molecular weight excluding hydrogens is 807 g/mol. The first-order chi connectivity index (χ1) is 30.6. The van der Waals surface area contributed by atoms with Crippen molar-refractivity contribution in [1.82, 2.24) is 20.4 Å². The molecule has 16 nitrogen and oxygen atoms in total. The zero-order valence-electron chi connectivity index (χ0n) is 35.1. The van der Waals surface area contributed by atoms with Gasteiger partial charge in [0.25, 0.3) is 5.91 Å². The lowest BCUT2D eigenvalue weighted by Crippen LogP contribution is -2.55. The average Bonchev–Trinajstić information content (AvgIpc) is 4.12. The number of carboxylic acid groups (broad SMARTS) is 1. The van der Waals surface area contributed by atoms with E-state index in [9.17, 15) is 33.9 Å². The third-order valence-corrected chi connectivity index (χ3v) is 11.8. The molecule has 63 heavy (non-hydrogen) atoms. The van der Waals surface area contributed by atoms with E-state index in [4.69, 9.17) is 9.47 Å². The number of carbonyl (C=O) groups excluding carboxylic acids is 5. The number of benzene rings is 4. The van der Waals surface area contributed by atoms with E-state index in [2.05, 4.69) is 26.2 Å². The van der Waals surface area contributed by atoms with E-state index in [0.29, 0.717) is 81.8 Å². The minimum atomic E-state index is -1.29. The second kappa shape index (κ2) is 20.8. The fraction of sp³-hybridized carbons (Fsp3) is 0.362. The van der Waals surface area contributed by atoms with Crippen LogP contribution in [0.1, 0.15) is 54.8 Å². The van der Waals surface area contributed by atoms with E-state index in [-0.39, 0.29) is 30.2 Å². The van der Waals surface area contributed by atoms with Crippen molar-refractivity contribution >= 4 is 52.9 Å². The fourth-order valence-electron chi connectivity index (χ4n) is 8.55. The molecule has 330 valence electrons. The zero-order chi connectivity index (χ0) is 44.3. The predicted molar refractivity (Wildman–Crippen MR) is 235 cm³/mol. The van der Waals surface area contributed by atoms with Crippen LogP contribution in [0.5, 0.6) is 0 Å². The number of methoxy groups -OCH3 is 1. The lowest BCUT2D eigenvalue weighted by molar-refractivity contribution is -0.139. The summed E-state index contributed by atoms with van der Waals surface area (Å²) in [5.74, 6) is -1.72. The van der Waals surface area contributed by atoms with Gasteiger partial charge < -0.3 is 50.5 Å². The summed E-state index contributed by atoms with van der Waals surface area (Å²) in [5, 5.41) is 20.4. The van der Waals surface area contributed by atoms with Crippen molar-refractivity contribution in [3.63, 3.8) is 0 Å². The molecule has 3 heterocycles. The Morgan fingerprint density at radius 1 is 0.698 bits per heavy atom. The Labute approximate surface area is 365 Å². The Kier molecular flexibility index (Phi) is 14.5. The van der Waals surface area contributed by atoms with Crippen LogP contribution in [0.25, 0.3) is 0 Å². The molecule has 16 heteroatoms. The minimum absolute atomic E-state index is 0.282. The zero-order valence-corrected chi connectivity index (χ0v) is 35.1. The molecule has 0 spiro atoms. The molecule has 0 aliphatic carbocycles. The smallest absolute Gasteiger partial charge is 0.407 e. The van der Waals surface area contributed by atoms with Crippen molar-refractivity contribution in [3.05, 3.63) is 126 Å². The second-order valence-corrected chi connectivity index (χ2v) is 16.0. The SMILES string of the molecule is COC(=O)N[C@@H](C(=O)N1CCC[C@H]1C(=O)Nc1ccc(CN(Cc2ccc(NC(=O)[C@@H]3CCCN3C(=O)[C@@H](NC(=O)O)[C@H]3CCOC3)cc2)c2ccccc2)cc1)c1ccccc1. The molecule has 0 bridgehead atoms. The average molecular weight is 860 g/mol. The number of ether oxygens (including phenoxy) is 2. The number of likely N-dealkylation sites (tertiary alicyclic amines) is 2. The fourth-order valence-corrected chi connectivity index (χ4v) is 8.55. The van der Waals surface area contributed by atoms with E-state index in [1.165, 1.54) is 16.9 Å². The Hall–Kier alpha value is -6.94. The molecule has 5 N–H and O–H groups in total. The van der Waals surface area contributed by atoms with Crippen LogP contribution in [-0.2, 0) is 41.7 Å². The van der Waals surface area contributed by atoms with Crippen molar-refractivity contribution in [2.75, 3.05) is 48.9 Å². The normalized spacial score (nSPS) is 19.1. The van der Waals surface area contributed by atoms with Gasteiger partial charge in [0.2, 0.25) is 17.7 Å². The molecular formula is C47H53N7O9. The first-order valence-corrected chi connectivity index (χ1v) is 21.2. The highest BCUT2D eigenvalue weighted by Gasteiger charge is 2.42. The highest BCUT2D eigenvalue weighted by molar-refractivity contribution is 6.00. The van der Waals surface area contributed by atoms with Crippen molar-refractivity contribution in [2.24, 2.45) is 5.92 Å². The number of amides is 6. The molecule has 3 aliphatic heterocycles. The van der Waals surface area contributed by atoms with E-state index < -0.39 is 42.3 Å². The number of nitrogens with zero attached hydrogens (tertiary/aromatic N) is 3. The molecule has 3 fully saturated rings. The summed E-state index contributed by atoms with van der Waals surface area (Å²) in [6.07, 6.45) is 0.760. The van der Waals surface area contributed by atoms with E-state index in [0.717, 1.165) is 16.8 Å². The van der Waals surface area contributed by atoms with Crippen molar-refractivity contribution < 1.29 is 43.3 Å². The van der Waals surface area contributed by atoms with Gasteiger partial charge in [-0.3, -0.25) is 19.2 Å². The summed E-state index contributed by atoms with van der Waals surface area (Å²) >= 11 is 0. The van der Waals surface area contributed by atoms with Crippen LogP contribution in [0.3, 0.4) is 0 Å². The lowest BCUT2D eigenvalue weighted by Gasteiger charge is -2.30. The number of hydrogen-bond acceptors (Lipinski definition) is 9. The standard InChI is InChI=1S/C47H53N7O9/c1-62-47(61)51-40(33-10-4-2-5-11-33)44(57)53-25-8-14-38(53)42(55)48-35-20-16-31(17-21-35)28-52(37-12-6-3-7-13-37)29-32-18-22-36(23-19-32)49-43(56)39-15-9-26-54(39)45(58)41(50-46(59)60)34-24-27-63-30-34/h2-7,10-13,16-23,34,38-41,50H,8-9,14-15,24-30H2,1H3,(H,48,55)(H,49,56)(H,51,61)(H,59,60)/t34-,38-,39-,40+,41-/m0/s1. The molecule has 4 aromatic rings. The number of para-hydroxylation sites is 1. The first kappa shape index (κ1) is 44.1. The quantitative estimate of drug-likeness (QED) is 0.101. The van der Waals surface area contributed by atoms with E-state index >= 15 is 0 Å². The number of hydrogen-bond donors (Lipinski definition) is 5. The van der Waals surface area contributed by atoms with E-state index in [1.807, 2.05) is 84.9 Å². The Balaban J connectivity index is 0.966. The van der Waals surface area contributed by atoms with Gasteiger partial charge in [-0.15, -0.1) is 0 Å².